The summed E-state index contributed by atoms with van der Waals surface area (Å²) in [6.07, 6.45) is 11.0. The summed E-state index contributed by atoms with van der Waals surface area (Å²) in [5, 5.41) is 3.05. The van der Waals surface area contributed by atoms with Crippen LogP contribution in [0.15, 0.2) is 97.1 Å². The second-order valence-electron chi connectivity index (χ2n) is 13.4. The van der Waals surface area contributed by atoms with Crippen molar-refractivity contribution in [3.63, 3.8) is 0 Å². The monoisotopic (exact) mass is 712 g/mol. The van der Waals surface area contributed by atoms with Crippen molar-refractivity contribution in [1.29, 1.82) is 0 Å². The molecule has 44 heavy (non-hydrogen) atoms. The second-order valence-corrected chi connectivity index (χ2v) is 19.0. The Labute approximate surface area is 294 Å². The van der Waals surface area contributed by atoms with Crippen LogP contribution in [0.3, 0.4) is 0 Å². The molecule has 4 heteroatoms. The van der Waals surface area contributed by atoms with Crippen LogP contribution in [0, 0.1) is 26.0 Å². The first-order chi connectivity index (χ1) is 19.8. The third-order valence-electron chi connectivity index (χ3n) is 7.73. The molecule has 0 unspecified atom stereocenters. The van der Waals surface area contributed by atoms with Crippen LogP contribution in [0.1, 0.15) is 81.3 Å². The van der Waals surface area contributed by atoms with E-state index >= 15 is 0 Å². The standard InChI is InChI=1S/C21H25.C14H14Si.C5H5.2ClH.Zr/c1-20(2,3)16-7-9-18-14(12-16)11-15-13-17(21(4,5)6)8-10-19(15)18;1-11-3-7-13(8-4-11)15-14-9-5-12(2)6-10-14;1-2-4-5-3-1;;;/h7-10,12H,11H2,1-6H3;3-10H,1-2H3;1-3H,4H2;2*1H;/q-1;;-1;;;+2/p-2. The van der Waals surface area contributed by atoms with E-state index in [1.54, 1.807) is 23.3 Å². The number of aryl methyl sites for hydroxylation is 2. The Kier molecular flexibility index (Phi) is 14.4. The van der Waals surface area contributed by atoms with Gasteiger partial charge < -0.3 is 24.8 Å². The van der Waals surface area contributed by atoms with Gasteiger partial charge in [0.25, 0.3) is 0 Å². The van der Waals surface area contributed by atoms with Crippen LogP contribution in [-0.4, -0.2) is 5.43 Å². The molecule has 0 fully saturated rings. The van der Waals surface area contributed by atoms with Crippen LogP contribution in [0.2, 0.25) is 0 Å². The molecular formula is C40H44Cl2SiZr-2. The van der Waals surface area contributed by atoms with Crippen molar-refractivity contribution in [2.45, 2.75) is 79.1 Å². The average Bonchev–Trinajstić information content (AvgIpc) is 3.64. The third-order valence-corrected chi connectivity index (χ3v) is 13.8. The predicted molar refractivity (Wildman–Crippen MR) is 180 cm³/mol. The van der Waals surface area contributed by atoms with Crippen molar-refractivity contribution >= 4 is 15.8 Å². The molecule has 0 saturated heterocycles. The molecule has 0 N–H and O–H groups in total. The number of halogens is 2. The first kappa shape index (κ1) is 38.2. The maximum Gasteiger partial charge on any atom is -0.109 e. The van der Waals surface area contributed by atoms with Crippen molar-refractivity contribution in [3.8, 4) is 11.1 Å². The van der Waals surface area contributed by atoms with Crippen LogP contribution in [0.5, 0.6) is 0 Å². The van der Waals surface area contributed by atoms with Crippen LogP contribution < -0.4 is 35.2 Å². The van der Waals surface area contributed by atoms with E-state index in [9.17, 15) is 0 Å². The van der Waals surface area contributed by atoms with E-state index in [0.29, 0.717) is 0 Å². The summed E-state index contributed by atoms with van der Waals surface area (Å²) in [7, 11) is 0. The van der Waals surface area contributed by atoms with E-state index in [-0.39, 0.29) is 35.6 Å². The predicted octanol–water partition coefficient (Wildman–Crippen LogP) is 2.92. The van der Waals surface area contributed by atoms with Gasteiger partial charge in [0.2, 0.25) is 0 Å². The minimum Gasteiger partial charge on any atom is -1.00 e. The SMILES string of the molecule is CC(C)(C)c1[c-]c2c(cc1)-c1ccc(C(C)(C)C)cc1C2.Cc1ccc([Si](=[Zr+2])c2ccc(C)cc2)cc1.[C-]1=CC=CC1.[Cl-].[Cl-]. The van der Waals surface area contributed by atoms with Crippen LogP contribution in [0.4, 0.5) is 0 Å². The van der Waals surface area contributed by atoms with E-state index in [1.165, 1.54) is 54.9 Å². The Morgan fingerprint density at radius 1 is 0.682 bits per heavy atom. The van der Waals surface area contributed by atoms with Gasteiger partial charge in [0.1, 0.15) is 0 Å². The van der Waals surface area contributed by atoms with Gasteiger partial charge in [-0.1, -0.05) is 65.3 Å². The molecule has 0 amide bonds. The first-order valence-corrected chi connectivity index (χ1v) is 20.2. The molecular weight excluding hydrogens is 671 g/mol. The van der Waals surface area contributed by atoms with Crippen molar-refractivity contribution in [2.75, 3.05) is 0 Å². The van der Waals surface area contributed by atoms with Gasteiger partial charge >= 0.3 is 113 Å². The quantitative estimate of drug-likeness (QED) is 0.195. The Hall–Kier alpha value is -1.96. The number of hydrogen-bond acceptors (Lipinski definition) is 0. The minimum absolute atomic E-state index is 0. The molecule has 0 bridgehead atoms. The van der Waals surface area contributed by atoms with Gasteiger partial charge in [-0.25, -0.2) is 12.2 Å². The molecule has 0 spiro atoms. The number of benzene rings is 4. The van der Waals surface area contributed by atoms with E-state index in [2.05, 4.69) is 152 Å². The molecule has 0 aliphatic heterocycles. The molecule has 0 radical (unpaired) electrons. The van der Waals surface area contributed by atoms with Crippen molar-refractivity contribution in [1.82, 2.24) is 0 Å². The Morgan fingerprint density at radius 3 is 1.66 bits per heavy atom. The van der Waals surface area contributed by atoms with E-state index in [0.717, 1.165) is 12.8 Å². The van der Waals surface area contributed by atoms with Crippen LogP contribution >= 0.6 is 0 Å². The van der Waals surface area contributed by atoms with Crippen molar-refractivity contribution in [2.24, 2.45) is 0 Å². The van der Waals surface area contributed by atoms with Gasteiger partial charge in [-0.3, -0.25) is 6.08 Å². The van der Waals surface area contributed by atoms with Gasteiger partial charge in [-0.15, -0.1) is 17.5 Å². The Balaban J connectivity index is 0.000000260. The van der Waals surface area contributed by atoms with Gasteiger partial charge in [0, 0.05) is 0 Å². The fourth-order valence-corrected chi connectivity index (χ4v) is 8.77. The normalized spacial score (nSPS) is 12.4. The van der Waals surface area contributed by atoms with Crippen LogP contribution in [0.25, 0.3) is 11.1 Å². The molecule has 228 valence electrons. The third kappa shape index (κ3) is 10.3. The number of rotatable bonds is 2. The van der Waals surface area contributed by atoms with E-state index in [1.807, 2.05) is 12.2 Å². The Bertz CT molecular complexity index is 1480. The molecule has 0 atom stereocenters. The molecule has 2 aliphatic rings. The summed E-state index contributed by atoms with van der Waals surface area (Å²) in [4.78, 5) is 0. The summed E-state index contributed by atoms with van der Waals surface area (Å²) >= 11 is 1.65. The molecule has 6 rings (SSSR count). The summed E-state index contributed by atoms with van der Waals surface area (Å²) in [6, 6.07) is 33.2. The summed E-state index contributed by atoms with van der Waals surface area (Å²) in [5.74, 6) is 0. The molecule has 4 aromatic carbocycles. The van der Waals surface area contributed by atoms with Crippen molar-refractivity contribution in [3.05, 3.63) is 143 Å². The Morgan fingerprint density at radius 2 is 1.23 bits per heavy atom. The van der Waals surface area contributed by atoms with Gasteiger partial charge in [-0.2, -0.15) is 29.8 Å². The second kappa shape index (κ2) is 16.6. The number of hydrogen-bond donors (Lipinski definition) is 0. The first-order valence-electron chi connectivity index (χ1n) is 15.0. The zero-order valence-corrected chi connectivity index (χ0v) is 32.4. The molecule has 0 heterocycles. The zero-order valence-electron chi connectivity index (χ0n) is 27.4. The summed E-state index contributed by atoms with van der Waals surface area (Å²) in [6.45, 7) is 17.9. The van der Waals surface area contributed by atoms with Crippen molar-refractivity contribution < 1.29 is 48.1 Å². The summed E-state index contributed by atoms with van der Waals surface area (Å²) < 4.78 is 0. The molecule has 2 aliphatic carbocycles. The molecule has 0 nitrogen and oxygen atoms in total. The van der Waals surface area contributed by atoms with Gasteiger partial charge in [0.15, 0.2) is 0 Å². The van der Waals surface area contributed by atoms with Crippen LogP contribution in [-0.2, 0) is 40.6 Å². The largest absolute Gasteiger partial charge is 1.00 e. The molecule has 4 aromatic rings. The fourth-order valence-electron chi connectivity index (χ4n) is 4.98. The van der Waals surface area contributed by atoms with Gasteiger partial charge in [-0.05, 0) is 28.4 Å². The maximum atomic E-state index is 3.67. The fraction of sp³-hybridized carbons (Fsp3) is 0.300. The molecule has 0 saturated carbocycles. The number of allylic oxidation sites excluding steroid dienone is 4. The zero-order chi connectivity index (χ0) is 30.5. The topological polar surface area (TPSA) is 0 Å². The molecule has 0 aromatic heterocycles. The van der Waals surface area contributed by atoms with E-state index in [4.69, 9.17) is 0 Å². The summed E-state index contributed by atoms with van der Waals surface area (Å²) in [5.41, 5.74) is 10.9. The van der Waals surface area contributed by atoms with Gasteiger partial charge in [0.05, 0.1) is 0 Å². The minimum atomic E-state index is -0.488. The average molecular weight is 715 g/mol. The smallest absolute Gasteiger partial charge is 0.109 e. The number of fused-ring (bicyclic) bond motifs is 3. The maximum absolute atomic E-state index is 3.67. The van der Waals surface area contributed by atoms with E-state index < -0.39 is 5.43 Å².